The summed E-state index contributed by atoms with van der Waals surface area (Å²) in [5, 5.41) is 19.1. The van der Waals surface area contributed by atoms with Gasteiger partial charge in [0.25, 0.3) is 0 Å². The molecule has 0 amide bonds. The SMILES string of the molecule is O=C1OCC(Cc2cccc(O)c2)[C@H]1Cc1cccc(O)c1. The largest absolute Gasteiger partial charge is 0.508 e. The molecule has 1 aliphatic heterocycles. The van der Waals surface area contributed by atoms with Crippen molar-refractivity contribution in [2.45, 2.75) is 12.8 Å². The highest BCUT2D eigenvalue weighted by molar-refractivity contribution is 5.75. The Kier molecular flexibility index (Phi) is 4.00. The van der Waals surface area contributed by atoms with Gasteiger partial charge in [0.15, 0.2) is 0 Å². The predicted molar refractivity (Wildman–Crippen MR) is 81.6 cm³/mol. The summed E-state index contributed by atoms with van der Waals surface area (Å²) in [6.07, 6.45) is 1.24. The van der Waals surface area contributed by atoms with E-state index in [9.17, 15) is 15.0 Å². The summed E-state index contributed by atoms with van der Waals surface area (Å²) < 4.78 is 5.22. The van der Waals surface area contributed by atoms with Crippen molar-refractivity contribution in [1.82, 2.24) is 0 Å². The van der Waals surface area contributed by atoms with Gasteiger partial charge in [-0.05, 0) is 48.2 Å². The number of ether oxygens (including phenoxy) is 1. The Morgan fingerprint density at radius 1 is 0.955 bits per heavy atom. The number of rotatable bonds is 4. The van der Waals surface area contributed by atoms with Crippen molar-refractivity contribution in [3.63, 3.8) is 0 Å². The van der Waals surface area contributed by atoms with E-state index in [2.05, 4.69) is 0 Å². The smallest absolute Gasteiger partial charge is 0.309 e. The predicted octanol–water partition coefficient (Wildman–Crippen LogP) is 2.67. The molecule has 1 saturated heterocycles. The zero-order chi connectivity index (χ0) is 15.5. The lowest BCUT2D eigenvalue weighted by Gasteiger charge is -2.15. The molecule has 0 radical (unpaired) electrons. The van der Waals surface area contributed by atoms with Crippen LogP contribution in [0.4, 0.5) is 0 Å². The normalized spacial score (nSPS) is 20.8. The number of benzene rings is 2. The minimum atomic E-state index is -0.218. The van der Waals surface area contributed by atoms with Gasteiger partial charge in [-0.15, -0.1) is 0 Å². The van der Waals surface area contributed by atoms with E-state index < -0.39 is 0 Å². The highest BCUT2D eigenvalue weighted by Gasteiger charge is 2.36. The Morgan fingerprint density at radius 3 is 2.14 bits per heavy atom. The maximum absolute atomic E-state index is 12.0. The molecule has 1 heterocycles. The van der Waals surface area contributed by atoms with E-state index in [4.69, 9.17) is 4.74 Å². The van der Waals surface area contributed by atoms with Crippen LogP contribution in [-0.4, -0.2) is 22.8 Å². The van der Waals surface area contributed by atoms with Crippen LogP contribution < -0.4 is 0 Å². The lowest BCUT2D eigenvalue weighted by molar-refractivity contribution is -0.141. The molecule has 0 spiro atoms. The fourth-order valence-corrected chi connectivity index (χ4v) is 2.98. The Balaban J connectivity index is 1.74. The first-order valence-electron chi connectivity index (χ1n) is 7.34. The minimum Gasteiger partial charge on any atom is -0.508 e. The van der Waals surface area contributed by atoms with Gasteiger partial charge in [-0.1, -0.05) is 24.3 Å². The zero-order valence-electron chi connectivity index (χ0n) is 12.1. The second-order valence-corrected chi connectivity index (χ2v) is 5.74. The van der Waals surface area contributed by atoms with Crippen LogP contribution in [0.2, 0.25) is 0 Å². The van der Waals surface area contributed by atoms with Crippen LogP contribution in [0.3, 0.4) is 0 Å². The zero-order valence-corrected chi connectivity index (χ0v) is 12.1. The van der Waals surface area contributed by atoms with E-state index in [1.165, 1.54) is 0 Å². The number of esters is 1. The third-order valence-electron chi connectivity index (χ3n) is 4.09. The van der Waals surface area contributed by atoms with Crippen LogP contribution in [0, 0.1) is 11.8 Å². The Labute approximate surface area is 129 Å². The second kappa shape index (κ2) is 6.10. The molecular weight excluding hydrogens is 280 g/mol. The van der Waals surface area contributed by atoms with Crippen LogP contribution in [-0.2, 0) is 22.4 Å². The number of phenolic OH excluding ortho intramolecular Hbond substituents is 2. The van der Waals surface area contributed by atoms with E-state index in [1.54, 1.807) is 36.4 Å². The van der Waals surface area contributed by atoms with Crippen LogP contribution in [0.15, 0.2) is 48.5 Å². The molecule has 114 valence electrons. The van der Waals surface area contributed by atoms with E-state index in [0.29, 0.717) is 19.4 Å². The summed E-state index contributed by atoms with van der Waals surface area (Å²) in [6.45, 7) is 0.401. The summed E-state index contributed by atoms with van der Waals surface area (Å²) >= 11 is 0. The molecule has 3 rings (SSSR count). The number of cyclic esters (lactones) is 1. The maximum atomic E-state index is 12.0. The molecule has 0 aromatic heterocycles. The summed E-state index contributed by atoms with van der Waals surface area (Å²) in [7, 11) is 0. The van der Waals surface area contributed by atoms with Crippen LogP contribution in [0.5, 0.6) is 11.5 Å². The fraction of sp³-hybridized carbons (Fsp3) is 0.278. The number of hydrogen-bond donors (Lipinski definition) is 2. The van der Waals surface area contributed by atoms with Gasteiger partial charge in [-0.3, -0.25) is 4.79 Å². The average Bonchev–Trinajstić information content (AvgIpc) is 2.80. The summed E-state index contributed by atoms with van der Waals surface area (Å²) in [5.74, 6) is 0.106. The van der Waals surface area contributed by atoms with Gasteiger partial charge in [0, 0.05) is 5.92 Å². The average molecular weight is 298 g/mol. The van der Waals surface area contributed by atoms with Crippen molar-refractivity contribution in [2.24, 2.45) is 11.8 Å². The maximum Gasteiger partial charge on any atom is 0.309 e. The van der Waals surface area contributed by atoms with E-state index >= 15 is 0 Å². The van der Waals surface area contributed by atoms with Gasteiger partial charge >= 0.3 is 5.97 Å². The van der Waals surface area contributed by atoms with Crippen molar-refractivity contribution in [2.75, 3.05) is 6.61 Å². The third-order valence-corrected chi connectivity index (χ3v) is 4.09. The lowest BCUT2D eigenvalue weighted by Crippen LogP contribution is -2.20. The highest BCUT2D eigenvalue weighted by atomic mass is 16.5. The molecule has 2 aromatic rings. The van der Waals surface area contributed by atoms with Crippen molar-refractivity contribution in [3.8, 4) is 11.5 Å². The number of hydrogen-bond acceptors (Lipinski definition) is 4. The fourth-order valence-electron chi connectivity index (χ4n) is 2.98. The van der Waals surface area contributed by atoms with E-state index in [-0.39, 0.29) is 29.3 Å². The first-order chi connectivity index (χ1) is 10.6. The molecular formula is C18H18O4. The van der Waals surface area contributed by atoms with Crippen molar-refractivity contribution < 1.29 is 19.7 Å². The van der Waals surface area contributed by atoms with E-state index in [1.807, 2.05) is 12.1 Å². The molecule has 4 heteroatoms. The van der Waals surface area contributed by atoms with Crippen LogP contribution >= 0.6 is 0 Å². The molecule has 2 aromatic carbocycles. The topological polar surface area (TPSA) is 66.8 Å². The summed E-state index contributed by atoms with van der Waals surface area (Å²) in [4.78, 5) is 12.0. The van der Waals surface area contributed by atoms with Crippen molar-refractivity contribution in [1.29, 1.82) is 0 Å². The number of carbonyl (C=O) groups is 1. The molecule has 1 aliphatic rings. The van der Waals surface area contributed by atoms with E-state index in [0.717, 1.165) is 11.1 Å². The second-order valence-electron chi connectivity index (χ2n) is 5.74. The van der Waals surface area contributed by atoms with Crippen molar-refractivity contribution in [3.05, 3.63) is 59.7 Å². The quantitative estimate of drug-likeness (QED) is 0.852. The van der Waals surface area contributed by atoms with Gasteiger partial charge in [-0.2, -0.15) is 0 Å². The summed E-state index contributed by atoms with van der Waals surface area (Å²) in [6, 6.07) is 14.0. The molecule has 4 nitrogen and oxygen atoms in total. The van der Waals surface area contributed by atoms with Crippen molar-refractivity contribution >= 4 is 5.97 Å². The van der Waals surface area contributed by atoms with Gasteiger partial charge < -0.3 is 14.9 Å². The van der Waals surface area contributed by atoms with Gasteiger partial charge in [-0.25, -0.2) is 0 Å². The molecule has 1 unspecified atom stereocenters. The first-order valence-corrected chi connectivity index (χ1v) is 7.34. The molecule has 2 N–H and O–H groups in total. The standard InChI is InChI=1S/C18H18O4/c19-15-5-1-3-12(8-15)7-14-11-22-18(21)17(14)10-13-4-2-6-16(20)9-13/h1-6,8-9,14,17,19-20H,7,10-11H2/t14?,17-/m1/s1. The van der Waals surface area contributed by atoms with Crippen LogP contribution in [0.25, 0.3) is 0 Å². The number of aromatic hydroxyl groups is 2. The Hall–Kier alpha value is -2.49. The lowest BCUT2D eigenvalue weighted by atomic mass is 9.85. The minimum absolute atomic E-state index is 0.0802. The highest BCUT2D eigenvalue weighted by Crippen LogP contribution is 2.30. The molecule has 0 saturated carbocycles. The molecule has 1 fully saturated rings. The van der Waals surface area contributed by atoms with Gasteiger partial charge in [0.1, 0.15) is 11.5 Å². The number of phenols is 2. The molecule has 22 heavy (non-hydrogen) atoms. The third kappa shape index (κ3) is 3.22. The molecule has 0 aliphatic carbocycles. The van der Waals surface area contributed by atoms with Crippen LogP contribution in [0.1, 0.15) is 11.1 Å². The molecule has 0 bridgehead atoms. The van der Waals surface area contributed by atoms with Gasteiger partial charge in [0.05, 0.1) is 12.5 Å². The Bertz CT molecular complexity index is 680. The number of carbonyl (C=O) groups excluding carboxylic acids is 1. The monoisotopic (exact) mass is 298 g/mol. The first kappa shape index (κ1) is 14.4. The molecule has 2 atom stereocenters. The Morgan fingerprint density at radius 2 is 1.55 bits per heavy atom. The van der Waals surface area contributed by atoms with Gasteiger partial charge in [0.2, 0.25) is 0 Å². The summed E-state index contributed by atoms with van der Waals surface area (Å²) in [5.41, 5.74) is 1.91.